The SMILES string of the molecule is CNN(C(=N)NC#N)C1CCC(CNC(=O)c2ccccc2OC)(c2ccccc2)CC1. The van der Waals surface area contributed by atoms with Gasteiger partial charge in [0.15, 0.2) is 6.19 Å². The second-order valence-electron chi connectivity index (χ2n) is 7.94. The third-order valence-electron chi connectivity index (χ3n) is 6.26. The molecule has 1 fully saturated rings. The zero-order valence-corrected chi connectivity index (χ0v) is 18.5. The molecular formula is C24H30N6O2. The molecule has 0 atom stereocenters. The molecular weight excluding hydrogens is 404 g/mol. The smallest absolute Gasteiger partial charge is 0.255 e. The van der Waals surface area contributed by atoms with Crippen molar-refractivity contribution in [2.45, 2.75) is 37.1 Å². The van der Waals surface area contributed by atoms with Crippen molar-refractivity contribution in [3.05, 3.63) is 65.7 Å². The average molecular weight is 435 g/mol. The summed E-state index contributed by atoms with van der Waals surface area (Å²) in [4.78, 5) is 12.9. The Morgan fingerprint density at radius 2 is 1.84 bits per heavy atom. The Morgan fingerprint density at radius 3 is 2.47 bits per heavy atom. The largest absolute Gasteiger partial charge is 0.496 e. The van der Waals surface area contributed by atoms with Crippen LogP contribution in [0.2, 0.25) is 0 Å². The molecule has 168 valence electrons. The van der Waals surface area contributed by atoms with E-state index in [9.17, 15) is 4.79 Å². The quantitative estimate of drug-likeness (QED) is 0.175. The number of nitrogens with one attached hydrogen (secondary N) is 4. The Morgan fingerprint density at radius 1 is 1.19 bits per heavy atom. The number of methoxy groups -OCH3 is 1. The summed E-state index contributed by atoms with van der Waals surface area (Å²) in [5, 5.41) is 24.2. The highest BCUT2D eigenvalue weighted by Gasteiger charge is 2.39. The van der Waals surface area contributed by atoms with E-state index in [1.165, 1.54) is 5.56 Å². The van der Waals surface area contributed by atoms with Gasteiger partial charge in [0, 0.05) is 25.0 Å². The second kappa shape index (κ2) is 10.6. The van der Waals surface area contributed by atoms with Crippen LogP contribution in [0, 0.1) is 16.9 Å². The van der Waals surface area contributed by atoms with E-state index < -0.39 is 0 Å². The fraction of sp³-hybridized carbons (Fsp3) is 0.375. The van der Waals surface area contributed by atoms with Crippen LogP contribution in [0.4, 0.5) is 0 Å². The van der Waals surface area contributed by atoms with Crippen molar-refractivity contribution in [2.75, 3.05) is 20.7 Å². The molecule has 0 heterocycles. The van der Waals surface area contributed by atoms with Crippen LogP contribution in [-0.4, -0.2) is 43.6 Å². The number of para-hydroxylation sites is 1. The third kappa shape index (κ3) is 5.01. The molecule has 0 radical (unpaired) electrons. The van der Waals surface area contributed by atoms with Gasteiger partial charge < -0.3 is 10.1 Å². The molecule has 0 aliphatic heterocycles. The summed E-state index contributed by atoms with van der Waals surface area (Å²) in [5.41, 5.74) is 4.52. The first-order valence-corrected chi connectivity index (χ1v) is 10.7. The Bertz CT molecular complexity index is 964. The first-order chi connectivity index (χ1) is 15.5. The normalized spacial score (nSPS) is 20.0. The molecule has 3 rings (SSSR count). The van der Waals surface area contributed by atoms with Crippen LogP contribution < -0.4 is 20.8 Å². The number of hydrazine groups is 1. The monoisotopic (exact) mass is 434 g/mol. The van der Waals surface area contributed by atoms with Gasteiger partial charge >= 0.3 is 0 Å². The molecule has 1 amide bonds. The van der Waals surface area contributed by atoms with E-state index >= 15 is 0 Å². The van der Waals surface area contributed by atoms with Crippen molar-refractivity contribution in [2.24, 2.45) is 0 Å². The number of nitrogens with zero attached hydrogens (tertiary/aromatic N) is 2. The fourth-order valence-electron chi connectivity index (χ4n) is 4.54. The zero-order chi connectivity index (χ0) is 23.0. The first kappa shape index (κ1) is 23.1. The van der Waals surface area contributed by atoms with Crippen LogP contribution in [0.25, 0.3) is 0 Å². The van der Waals surface area contributed by atoms with Crippen LogP contribution >= 0.6 is 0 Å². The summed E-state index contributed by atoms with van der Waals surface area (Å²) in [6.45, 7) is 0.508. The number of carbonyl (C=O) groups excluding carboxylic acids is 1. The number of carbonyl (C=O) groups is 1. The van der Waals surface area contributed by atoms with Crippen molar-refractivity contribution in [3.63, 3.8) is 0 Å². The fourth-order valence-corrected chi connectivity index (χ4v) is 4.54. The van der Waals surface area contributed by atoms with Gasteiger partial charge in [-0.3, -0.25) is 20.5 Å². The number of benzene rings is 2. The minimum Gasteiger partial charge on any atom is -0.496 e. The molecule has 1 saturated carbocycles. The van der Waals surface area contributed by atoms with E-state index in [0.29, 0.717) is 17.9 Å². The van der Waals surface area contributed by atoms with Gasteiger partial charge in [-0.25, -0.2) is 5.43 Å². The Labute approximate surface area is 189 Å². The van der Waals surface area contributed by atoms with Crippen LogP contribution in [0.15, 0.2) is 54.6 Å². The van der Waals surface area contributed by atoms with Crippen molar-refractivity contribution in [1.29, 1.82) is 10.7 Å². The molecule has 0 bridgehead atoms. The number of rotatable bonds is 7. The molecule has 4 N–H and O–H groups in total. The zero-order valence-electron chi connectivity index (χ0n) is 18.5. The Hall–Kier alpha value is -3.57. The lowest BCUT2D eigenvalue weighted by Crippen LogP contribution is -2.55. The maximum Gasteiger partial charge on any atom is 0.255 e. The lowest BCUT2D eigenvalue weighted by Gasteiger charge is -2.44. The van der Waals surface area contributed by atoms with Gasteiger partial charge in [0.05, 0.1) is 12.7 Å². The molecule has 2 aromatic carbocycles. The van der Waals surface area contributed by atoms with Gasteiger partial charge in [-0.05, 0) is 43.4 Å². The number of amides is 1. The molecule has 32 heavy (non-hydrogen) atoms. The Kier molecular flexibility index (Phi) is 7.68. The van der Waals surface area contributed by atoms with Crippen molar-refractivity contribution < 1.29 is 9.53 Å². The van der Waals surface area contributed by atoms with Crippen LogP contribution in [-0.2, 0) is 5.41 Å². The molecule has 0 saturated heterocycles. The number of hydrogen-bond donors (Lipinski definition) is 4. The summed E-state index contributed by atoms with van der Waals surface area (Å²) >= 11 is 0. The van der Waals surface area contributed by atoms with Crippen LogP contribution in [0.1, 0.15) is 41.6 Å². The van der Waals surface area contributed by atoms with E-state index in [2.05, 4.69) is 28.2 Å². The lowest BCUT2D eigenvalue weighted by atomic mass is 9.68. The average Bonchev–Trinajstić information content (AvgIpc) is 2.84. The molecule has 0 aromatic heterocycles. The Balaban J connectivity index is 1.77. The van der Waals surface area contributed by atoms with Crippen LogP contribution in [0.5, 0.6) is 5.75 Å². The summed E-state index contributed by atoms with van der Waals surface area (Å²) in [5.74, 6) is 0.434. The van der Waals surface area contributed by atoms with Gasteiger partial charge in [0.2, 0.25) is 5.96 Å². The number of hydrogen-bond acceptors (Lipinski definition) is 5. The molecule has 1 aliphatic carbocycles. The van der Waals surface area contributed by atoms with Gasteiger partial charge in [0.1, 0.15) is 5.75 Å². The van der Waals surface area contributed by atoms with E-state index in [-0.39, 0.29) is 23.3 Å². The van der Waals surface area contributed by atoms with Crippen molar-refractivity contribution in [3.8, 4) is 11.9 Å². The molecule has 1 aliphatic rings. The van der Waals surface area contributed by atoms with E-state index in [1.54, 1.807) is 31.3 Å². The molecule has 2 aromatic rings. The lowest BCUT2D eigenvalue weighted by molar-refractivity contribution is 0.0920. The first-order valence-electron chi connectivity index (χ1n) is 10.7. The van der Waals surface area contributed by atoms with E-state index in [1.807, 2.05) is 36.5 Å². The number of ether oxygens (including phenoxy) is 1. The van der Waals surface area contributed by atoms with E-state index in [0.717, 1.165) is 25.7 Å². The number of guanidine groups is 1. The summed E-state index contributed by atoms with van der Waals surface area (Å²) in [6, 6.07) is 17.6. The van der Waals surface area contributed by atoms with Gasteiger partial charge in [0.25, 0.3) is 5.91 Å². The van der Waals surface area contributed by atoms with Gasteiger partial charge in [-0.1, -0.05) is 42.5 Å². The van der Waals surface area contributed by atoms with Gasteiger partial charge in [-0.2, -0.15) is 5.26 Å². The highest BCUT2D eigenvalue weighted by atomic mass is 16.5. The summed E-state index contributed by atoms with van der Waals surface area (Å²) < 4.78 is 5.34. The predicted molar refractivity (Wildman–Crippen MR) is 123 cm³/mol. The van der Waals surface area contributed by atoms with E-state index in [4.69, 9.17) is 15.4 Å². The molecule has 8 nitrogen and oxygen atoms in total. The maximum atomic E-state index is 12.9. The minimum atomic E-state index is -0.209. The third-order valence-corrected chi connectivity index (χ3v) is 6.26. The number of nitriles is 1. The maximum absolute atomic E-state index is 12.9. The molecule has 0 spiro atoms. The second-order valence-corrected chi connectivity index (χ2v) is 7.94. The summed E-state index contributed by atoms with van der Waals surface area (Å²) in [7, 11) is 3.31. The van der Waals surface area contributed by atoms with Crippen LogP contribution in [0.3, 0.4) is 0 Å². The highest BCUT2D eigenvalue weighted by molar-refractivity contribution is 5.97. The predicted octanol–water partition coefficient (Wildman–Crippen LogP) is 2.75. The minimum absolute atomic E-state index is 0.0386. The summed E-state index contributed by atoms with van der Waals surface area (Å²) in [6.07, 6.45) is 5.12. The highest BCUT2D eigenvalue weighted by Crippen LogP contribution is 2.40. The topological polar surface area (TPSA) is 113 Å². The van der Waals surface area contributed by atoms with Gasteiger partial charge in [-0.15, -0.1) is 0 Å². The standard InChI is InChI=1S/C24H30N6O2/c1-27-30(23(26)29-17-25)19-12-14-24(15-13-19,18-8-4-3-5-9-18)16-28-22(31)20-10-6-7-11-21(20)32-2/h3-11,19,27H,12-16H2,1-2H3,(H2,26,29)(H,28,31). The van der Waals surface area contributed by atoms with Crippen molar-refractivity contribution in [1.82, 2.24) is 21.1 Å². The molecule has 8 heteroatoms. The van der Waals surface area contributed by atoms with Crippen molar-refractivity contribution >= 4 is 11.9 Å². The molecule has 0 unspecified atom stereocenters.